The molecule has 0 spiro atoms. The van der Waals surface area contributed by atoms with Crippen molar-refractivity contribution < 1.29 is 9.53 Å². The maximum absolute atomic E-state index is 12.5. The third-order valence-electron chi connectivity index (χ3n) is 5.14. The molecule has 0 aliphatic heterocycles. The summed E-state index contributed by atoms with van der Waals surface area (Å²) in [6.07, 6.45) is 5.27. The summed E-state index contributed by atoms with van der Waals surface area (Å²) in [7, 11) is 1.88. The average molecular weight is 458 g/mol. The zero-order valence-corrected chi connectivity index (χ0v) is 19.4. The van der Waals surface area contributed by atoms with Crippen LogP contribution in [0.25, 0.3) is 16.8 Å². The molecule has 0 radical (unpaired) electrons. The largest absolute Gasteiger partial charge is 0.449 e. The molecular weight excluding hydrogens is 430 g/mol. The van der Waals surface area contributed by atoms with Crippen molar-refractivity contribution in [1.82, 2.24) is 19.6 Å². The normalized spacial score (nSPS) is 10.9. The van der Waals surface area contributed by atoms with E-state index in [1.165, 1.54) is 6.07 Å². The number of benzene rings is 2. The second-order valence-corrected chi connectivity index (χ2v) is 8.52. The summed E-state index contributed by atoms with van der Waals surface area (Å²) in [5, 5.41) is 11.5. The van der Waals surface area contributed by atoms with Crippen LogP contribution in [0.15, 0.2) is 78.0 Å². The lowest BCUT2D eigenvalue weighted by Gasteiger charge is -2.10. The Bertz CT molecular complexity index is 1340. The van der Waals surface area contributed by atoms with E-state index in [-0.39, 0.29) is 11.3 Å². The van der Waals surface area contributed by atoms with Gasteiger partial charge in [0, 0.05) is 43.2 Å². The summed E-state index contributed by atoms with van der Waals surface area (Å²) in [4.78, 5) is 24.4. The van der Waals surface area contributed by atoms with Crippen molar-refractivity contribution >= 4 is 11.8 Å². The van der Waals surface area contributed by atoms with Crippen LogP contribution < -0.4 is 10.7 Å². The van der Waals surface area contributed by atoms with Gasteiger partial charge in [-0.2, -0.15) is 10.2 Å². The predicted molar refractivity (Wildman–Crippen MR) is 131 cm³/mol. The van der Waals surface area contributed by atoms with Crippen molar-refractivity contribution in [1.29, 1.82) is 0 Å². The molecule has 8 nitrogen and oxygen atoms in total. The maximum atomic E-state index is 12.5. The SMILES string of the molecule is CC(C)COC(=O)Nc1cccc(Cc2nn(-c3ccc(-c4cnn(C)c4)cc3)ccc2=O)c1. The summed E-state index contributed by atoms with van der Waals surface area (Å²) < 4.78 is 8.62. The number of hydrogen-bond donors (Lipinski definition) is 1. The van der Waals surface area contributed by atoms with Gasteiger partial charge in [0.15, 0.2) is 0 Å². The number of ether oxygens (including phenoxy) is 1. The van der Waals surface area contributed by atoms with Crippen LogP contribution in [0.4, 0.5) is 10.5 Å². The van der Waals surface area contributed by atoms with Crippen molar-refractivity contribution in [2.24, 2.45) is 13.0 Å². The molecule has 0 bridgehead atoms. The highest BCUT2D eigenvalue weighted by Crippen LogP contribution is 2.20. The van der Waals surface area contributed by atoms with Crippen LogP contribution in [-0.4, -0.2) is 32.3 Å². The molecule has 1 amide bonds. The molecule has 2 aromatic carbocycles. The number of nitrogens with one attached hydrogen (secondary N) is 1. The molecule has 34 heavy (non-hydrogen) atoms. The zero-order valence-electron chi connectivity index (χ0n) is 19.4. The van der Waals surface area contributed by atoms with E-state index in [1.807, 2.05) is 75.8 Å². The zero-order chi connectivity index (χ0) is 24.1. The summed E-state index contributed by atoms with van der Waals surface area (Å²) in [5.74, 6) is 0.259. The third kappa shape index (κ3) is 5.78. The fourth-order valence-corrected chi connectivity index (χ4v) is 3.44. The molecule has 0 aliphatic rings. The van der Waals surface area contributed by atoms with Gasteiger partial charge in [-0.25, -0.2) is 9.48 Å². The minimum absolute atomic E-state index is 0.141. The van der Waals surface area contributed by atoms with Gasteiger partial charge in [-0.3, -0.25) is 14.8 Å². The lowest BCUT2D eigenvalue weighted by molar-refractivity contribution is 0.147. The fraction of sp³-hybridized carbons (Fsp3) is 0.231. The van der Waals surface area contributed by atoms with Crippen LogP contribution in [0.1, 0.15) is 25.1 Å². The fourth-order valence-electron chi connectivity index (χ4n) is 3.44. The van der Waals surface area contributed by atoms with Crippen LogP contribution in [0, 0.1) is 5.92 Å². The first-order valence-corrected chi connectivity index (χ1v) is 11.1. The van der Waals surface area contributed by atoms with Crippen LogP contribution in [0.3, 0.4) is 0 Å². The van der Waals surface area contributed by atoms with Crippen molar-refractivity contribution in [2.45, 2.75) is 20.3 Å². The number of anilines is 1. The quantitative estimate of drug-likeness (QED) is 0.443. The van der Waals surface area contributed by atoms with Crippen molar-refractivity contribution in [3.63, 3.8) is 0 Å². The topological polar surface area (TPSA) is 91.0 Å². The number of nitrogens with zero attached hydrogens (tertiary/aromatic N) is 4. The molecule has 0 fully saturated rings. The van der Waals surface area contributed by atoms with Gasteiger partial charge in [-0.05, 0) is 41.3 Å². The lowest BCUT2D eigenvalue weighted by Crippen LogP contribution is -2.17. The molecule has 1 N–H and O–H groups in total. The van der Waals surface area contributed by atoms with Crippen molar-refractivity contribution in [2.75, 3.05) is 11.9 Å². The number of aryl methyl sites for hydroxylation is 1. The Morgan fingerprint density at radius 3 is 2.59 bits per heavy atom. The van der Waals surface area contributed by atoms with Crippen LogP contribution >= 0.6 is 0 Å². The van der Waals surface area contributed by atoms with E-state index in [2.05, 4.69) is 15.5 Å². The van der Waals surface area contributed by atoms with Crippen molar-refractivity contribution in [3.8, 4) is 16.8 Å². The summed E-state index contributed by atoms with van der Waals surface area (Å²) >= 11 is 0. The molecule has 4 aromatic rings. The van der Waals surface area contributed by atoms with Crippen LogP contribution in [0.5, 0.6) is 0 Å². The van der Waals surface area contributed by atoms with E-state index in [9.17, 15) is 9.59 Å². The molecular formula is C26H27N5O3. The maximum Gasteiger partial charge on any atom is 0.411 e. The highest BCUT2D eigenvalue weighted by molar-refractivity contribution is 5.84. The first-order valence-electron chi connectivity index (χ1n) is 11.1. The lowest BCUT2D eigenvalue weighted by atomic mass is 10.1. The van der Waals surface area contributed by atoms with E-state index < -0.39 is 6.09 Å². The Balaban J connectivity index is 1.50. The highest BCUT2D eigenvalue weighted by Gasteiger charge is 2.09. The number of rotatable bonds is 7. The Labute approximate surface area is 197 Å². The first-order chi connectivity index (χ1) is 16.4. The minimum Gasteiger partial charge on any atom is -0.449 e. The van der Waals surface area contributed by atoms with Crippen LogP contribution in [0.2, 0.25) is 0 Å². The van der Waals surface area contributed by atoms with Gasteiger partial charge in [0.25, 0.3) is 0 Å². The number of amides is 1. The minimum atomic E-state index is -0.499. The van der Waals surface area contributed by atoms with E-state index in [0.717, 1.165) is 22.4 Å². The monoisotopic (exact) mass is 457 g/mol. The highest BCUT2D eigenvalue weighted by atomic mass is 16.5. The molecule has 8 heteroatoms. The van der Waals surface area contributed by atoms with Gasteiger partial charge in [0.1, 0.15) is 5.69 Å². The summed E-state index contributed by atoms with van der Waals surface area (Å²) in [6, 6.07) is 16.7. The predicted octanol–water partition coefficient (Wildman–Crippen LogP) is 4.43. The molecule has 0 atom stereocenters. The Hall–Kier alpha value is -4.20. The molecule has 0 unspecified atom stereocenters. The molecule has 0 aliphatic carbocycles. The van der Waals surface area contributed by atoms with Gasteiger partial charge in [-0.1, -0.05) is 38.1 Å². The number of hydrogen-bond acceptors (Lipinski definition) is 5. The summed E-state index contributed by atoms with van der Waals surface area (Å²) in [6.45, 7) is 4.30. The van der Waals surface area contributed by atoms with Gasteiger partial charge in [0.2, 0.25) is 5.43 Å². The standard InChI is InChI=1S/C26H27N5O3/c1-18(2)17-34-26(33)28-22-6-4-5-19(13-22)14-24-25(32)11-12-31(29-24)23-9-7-20(8-10-23)21-15-27-30(3)16-21/h4-13,15-16,18H,14,17H2,1-3H3,(H,28,33). The third-order valence-corrected chi connectivity index (χ3v) is 5.14. The van der Waals surface area contributed by atoms with Gasteiger partial charge >= 0.3 is 6.09 Å². The molecule has 2 aromatic heterocycles. The summed E-state index contributed by atoms with van der Waals surface area (Å²) in [5.41, 5.74) is 4.66. The van der Waals surface area contributed by atoms with Gasteiger partial charge in [0.05, 0.1) is 18.5 Å². The Morgan fingerprint density at radius 1 is 1.09 bits per heavy atom. The molecule has 2 heterocycles. The van der Waals surface area contributed by atoms with E-state index in [4.69, 9.17) is 4.74 Å². The van der Waals surface area contributed by atoms with Crippen molar-refractivity contribution in [3.05, 3.63) is 94.7 Å². The first kappa shape index (κ1) is 23.0. The molecule has 0 saturated carbocycles. The van der Waals surface area contributed by atoms with E-state index in [1.54, 1.807) is 21.6 Å². The number of carbonyl (C=O) groups is 1. The van der Waals surface area contributed by atoms with Crippen LogP contribution in [-0.2, 0) is 18.2 Å². The molecule has 174 valence electrons. The smallest absolute Gasteiger partial charge is 0.411 e. The molecule has 0 saturated heterocycles. The van der Waals surface area contributed by atoms with E-state index >= 15 is 0 Å². The van der Waals surface area contributed by atoms with Gasteiger partial charge < -0.3 is 4.74 Å². The van der Waals surface area contributed by atoms with Gasteiger partial charge in [-0.15, -0.1) is 0 Å². The Morgan fingerprint density at radius 2 is 1.88 bits per heavy atom. The second kappa shape index (κ2) is 10.2. The average Bonchev–Trinajstić information content (AvgIpc) is 3.26. The molecule has 4 rings (SSSR count). The number of aromatic nitrogens is 4. The van der Waals surface area contributed by atoms with E-state index in [0.29, 0.717) is 24.4 Å². The Kier molecular flexibility index (Phi) is 6.87. The second-order valence-electron chi connectivity index (χ2n) is 8.52. The number of carbonyl (C=O) groups excluding carboxylic acids is 1.